The summed E-state index contributed by atoms with van der Waals surface area (Å²) in [6, 6.07) is 12.6. The molecular formula is C15H10N2O3. The molecule has 0 amide bonds. The molecule has 1 aromatic carbocycles. The van der Waals surface area contributed by atoms with Crippen molar-refractivity contribution in [3.63, 3.8) is 0 Å². The van der Waals surface area contributed by atoms with Crippen LogP contribution in [0.2, 0.25) is 0 Å². The van der Waals surface area contributed by atoms with Crippen LogP contribution >= 0.6 is 0 Å². The molecule has 0 saturated carbocycles. The van der Waals surface area contributed by atoms with Gasteiger partial charge in [0, 0.05) is 11.6 Å². The van der Waals surface area contributed by atoms with Crippen LogP contribution in [-0.2, 0) is 0 Å². The predicted octanol–water partition coefficient (Wildman–Crippen LogP) is 3.91. The Bertz CT molecular complexity index is 800. The number of fused-ring (bicyclic) bond motifs is 1. The maximum Gasteiger partial charge on any atom is 0.433 e. The summed E-state index contributed by atoms with van der Waals surface area (Å²) in [4.78, 5) is 14.3. The van der Waals surface area contributed by atoms with Crippen LogP contribution in [0.25, 0.3) is 23.1 Å². The highest BCUT2D eigenvalue weighted by Gasteiger charge is 2.09. The van der Waals surface area contributed by atoms with Gasteiger partial charge in [-0.05, 0) is 29.8 Å². The molecule has 0 radical (unpaired) electrons. The zero-order valence-corrected chi connectivity index (χ0v) is 10.4. The molecule has 2 heterocycles. The zero-order chi connectivity index (χ0) is 13.9. The maximum absolute atomic E-state index is 10.5. The van der Waals surface area contributed by atoms with Crippen molar-refractivity contribution >= 4 is 28.9 Å². The van der Waals surface area contributed by atoms with Gasteiger partial charge in [-0.2, -0.15) is 0 Å². The SMILES string of the molecule is O=[N+]([O-])c1ccc(C=Cc2ccnc3ccccc23)o1. The molecule has 20 heavy (non-hydrogen) atoms. The molecule has 0 spiro atoms. The normalized spacial score (nSPS) is 11.2. The van der Waals surface area contributed by atoms with Gasteiger partial charge in [-0.25, -0.2) is 0 Å². The van der Waals surface area contributed by atoms with Crippen LogP contribution in [0, 0.1) is 10.1 Å². The average molecular weight is 266 g/mol. The van der Waals surface area contributed by atoms with E-state index in [0.29, 0.717) is 5.76 Å². The highest BCUT2D eigenvalue weighted by molar-refractivity contribution is 5.89. The van der Waals surface area contributed by atoms with Crippen LogP contribution in [0.1, 0.15) is 11.3 Å². The van der Waals surface area contributed by atoms with Gasteiger partial charge >= 0.3 is 5.88 Å². The summed E-state index contributed by atoms with van der Waals surface area (Å²) in [6.45, 7) is 0. The number of hydrogen-bond donors (Lipinski definition) is 0. The minimum atomic E-state index is -0.556. The molecule has 0 atom stereocenters. The molecule has 3 aromatic rings. The van der Waals surface area contributed by atoms with E-state index in [0.717, 1.165) is 16.5 Å². The van der Waals surface area contributed by atoms with E-state index in [2.05, 4.69) is 4.98 Å². The van der Waals surface area contributed by atoms with Crippen LogP contribution in [0.15, 0.2) is 53.1 Å². The molecule has 2 aromatic heterocycles. The van der Waals surface area contributed by atoms with Gasteiger partial charge < -0.3 is 4.42 Å². The van der Waals surface area contributed by atoms with E-state index in [9.17, 15) is 10.1 Å². The lowest BCUT2D eigenvalue weighted by atomic mass is 10.1. The molecule has 0 aliphatic heterocycles. The number of nitro groups is 1. The van der Waals surface area contributed by atoms with Crippen molar-refractivity contribution in [2.24, 2.45) is 0 Å². The van der Waals surface area contributed by atoms with Gasteiger partial charge in [0.25, 0.3) is 0 Å². The molecule has 0 bridgehead atoms. The van der Waals surface area contributed by atoms with Gasteiger partial charge in [0.05, 0.1) is 11.6 Å². The predicted molar refractivity (Wildman–Crippen MR) is 76.0 cm³/mol. The van der Waals surface area contributed by atoms with Crippen LogP contribution < -0.4 is 0 Å². The number of nitrogens with zero attached hydrogens (tertiary/aromatic N) is 2. The van der Waals surface area contributed by atoms with Crippen molar-refractivity contribution in [1.29, 1.82) is 0 Å². The van der Waals surface area contributed by atoms with E-state index in [4.69, 9.17) is 4.42 Å². The van der Waals surface area contributed by atoms with Crippen molar-refractivity contribution in [3.05, 3.63) is 70.1 Å². The Hall–Kier alpha value is -2.95. The van der Waals surface area contributed by atoms with Gasteiger partial charge in [-0.3, -0.25) is 15.1 Å². The Labute approximate surface area is 114 Å². The first kappa shape index (κ1) is 12.1. The fourth-order valence-electron chi connectivity index (χ4n) is 1.97. The third-order valence-corrected chi connectivity index (χ3v) is 2.90. The summed E-state index contributed by atoms with van der Waals surface area (Å²) in [7, 11) is 0. The lowest BCUT2D eigenvalue weighted by molar-refractivity contribution is -0.402. The van der Waals surface area contributed by atoms with E-state index < -0.39 is 4.92 Å². The molecule has 0 saturated heterocycles. The van der Waals surface area contributed by atoms with E-state index in [1.807, 2.05) is 36.4 Å². The largest absolute Gasteiger partial charge is 0.433 e. The monoisotopic (exact) mass is 266 g/mol. The fourth-order valence-corrected chi connectivity index (χ4v) is 1.97. The molecule has 0 aliphatic rings. The summed E-state index contributed by atoms with van der Waals surface area (Å²) in [5.41, 5.74) is 1.88. The number of para-hydroxylation sites is 1. The number of aromatic nitrogens is 1. The highest BCUT2D eigenvalue weighted by Crippen LogP contribution is 2.21. The summed E-state index contributed by atoms with van der Waals surface area (Å²) in [5, 5.41) is 11.6. The number of hydrogen-bond acceptors (Lipinski definition) is 4. The molecule has 0 unspecified atom stereocenters. The summed E-state index contributed by atoms with van der Waals surface area (Å²) >= 11 is 0. The van der Waals surface area contributed by atoms with Gasteiger partial charge in [-0.1, -0.05) is 24.3 Å². The van der Waals surface area contributed by atoms with E-state index in [1.54, 1.807) is 18.3 Å². The number of benzene rings is 1. The van der Waals surface area contributed by atoms with Crippen LogP contribution in [-0.4, -0.2) is 9.91 Å². The standard InChI is InChI=1S/C15H10N2O3/c18-17(19)15-8-7-12(20-15)6-5-11-9-10-16-14-4-2-1-3-13(11)14/h1-10H. The van der Waals surface area contributed by atoms with Crippen molar-refractivity contribution < 1.29 is 9.34 Å². The van der Waals surface area contributed by atoms with Crippen LogP contribution in [0.3, 0.4) is 0 Å². The van der Waals surface area contributed by atoms with Gasteiger partial charge in [0.1, 0.15) is 10.7 Å². The molecule has 0 N–H and O–H groups in total. The second kappa shape index (κ2) is 4.97. The Balaban J connectivity index is 1.96. The van der Waals surface area contributed by atoms with Crippen LogP contribution in [0.4, 0.5) is 5.88 Å². The second-order valence-corrected chi connectivity index (χ2v) is 4.18. The molecule has 98 valence electrons. The summed E-state index contributed by atoms with van der Waals surface area (Å²) in [5.74, 6) is 0.182. The third-order valence-electron chi connectivity index (χ3n) is 2.90. The van der Waals surface area contributed by atoms with E-state index in [1.165, 1.54) is 6.07 Å². The van der Waals surface area contributed by atoms with Crippen molar-refractivity contribution in [3.8, 4) is 0 Å². The smallest absolute Gasteiger partial charge is 0.401 e. The Kier molecular flexibility index (Phi) is 3.01. The molecule has 5 nitrogen and oxygen atoms in total. The van der Waals surface area contributed by atoms with Gasteiger partial charge in [0.2, 0.25) is 0 Å². The number of furan rings is 1. The second-order valence-electron chi connectivity index (χ2n) is 4.18. The van der Waals surface area contributed by atoms with Crippen molar-refractivity contribution in [1.82, 2.24) is 4.98 Å². The topological polar surface area (TPSA) is 69.2 Å². The molecule has 0 fully saturated rings. The molecule has 0 aliphatic carbocycles. The first-order chi connectivity index (χ1) is 9.74. The quantitative estimate of drug-likeness (QED) is 0.532. The zero-order valence-electron chi connectivity index (χ0n) is 10.4. The minimum Gasteiger partial charge on any atom is -0.401 e. The minimum absolute atomic E-state index is 0.260. The Morgan fingerprint density at radius 1 is 1.10 bits per heavy atom. The Morgan fingerprint density at radius 3 is 2.75 bits per heavy atom. The van der Waals surface area contributed by atoms with Crippen molar-refractivity contribution in [2.75, 3.05) is 0 Å². The third kappa shape index (κ3) is 2.29. The number of rotatable bonds is 3. The van der Waals surface area contributed by atoms with Gasteiger partial charge in [0.15, 0.2) is 0 Å². The summed E-state index contributed by atoms with van der Waals surface area (Å²) in [6.07, 6.45) is 5.29. The highest BCUT2D eigenvalue weighted by atomic mass is 16.6. The maximum atomic E-state index is 10.5. The Morgan fingerprint density at radius 2 is 1.95 bits per heavy atom. The van der Waals surface area contributed by atoms with E-state index >= 15 is 0 Å². The first-order valence-corrected chi connectivity index (χ1v) is 6.00. The molecule has 3 rings (SSSR count). The number of pyridine rings is 1. The van der Waals surface area contributed by atoms with Crippen molar-refractivity contribution in [2.45, 2.75) is 0 Å². The molecule has 5 heteroatoms. The average Bonchev–Trinajstić information content (AvgIpc) is 2.94. The fraction of sp³-hybridized carbons (Fsp3) is 0. The van der Waals surface area contributed by atoms with Crippen LogP contribution in [0.5, 0.6) is 0 Å². The lowest BCUT2D eigenvalue weighted by Gasteiger charge is -2.00. The lowest BCUT2D eigenvalue weighted by Crippen LogP contribution is -1.82. The van der Waals surface area contributed by atoms with Gasteiger partial charge in [-0.15, -0.1) is 0 Å². The summed E-state index contributed by atoms with van der Waals surface area (Å²) < 4.78 is 5.08. The first-order valence-electron chi connectivity index (χ1n) is 6.00. The molecular weight excluding hydrogens is 256 g/mol. The van der Waals surface area contributed by atoms with E-state index in [-0.39, 0.29) is 5.88 Å².